The first-order valence-corrected chi connectivity index (χ1v) is 40.8. The number of hydrogen-bond acceptors (Lipinski definition) is 27. The molecular weight excluding hydrogens is 1500 g/mol. The number of ether oxygens (including phenoxy) is 10. The highest BCUT2D eigenvalue weighted by Gasteiger charge is 2.41. The molecule has 0 aromatic carbocycles. The summed E-state index contributed by atoms with van der Waals surface area (Å²) in [7, 11) is 0. The smallest absolute Gasteiger partial charge is 0.407 e. The Bertz CT molecular complexity index is 3160. The number of alkyl carbamates (subject to hydrolysis) is 1. The Kier molecular flexibility index (Phi) is 42.1. The van der Waals surface area contributed by atoms with Gasteiger partial charge >= 0.3 is 59.8 Å². The zero-order valence-corrected chi connectivity index (χ0v) is 76.3. The van der Waals surface area contributed by atoms with Crippen LogP contribution in [0, 0.1) is 0 Å². The summed E-state index contributed by atoms with van der Waals surface area (Å²) in [5.41, 5.74) is -9.94. The van der Waals surface area contributed by atoms with Crippen molar-refractivity contribution in [1.82, 2.24) is 39.6 Å². The molecule has 1 aliphatic rings. The van der Waals surface area contributed by atoms with E-state index in [0.717, 1.165) is 0 Å². The molecule has 0 radical (unpaired) electrons. The molecule has 32 heteroatoms. The molecule has 0 saturated carbocycles. The van der Waals surface area contributed by atoms with Crippen LogP contribution in [-0.4, -0.2) is 290 Å². The Morgan fingerprint density at radius 3 is 0.655 bits per heavy atom. The zero-order chi connectivity index (χ0) is 89.7. The van der Waals surface area contributed by atoms with Gasteiger partial charge in [-0.05, 0) is 253 Å². The van der Waals surface area contributed by atoms with Crippen LogP contribution in [0.1, 0.15) is 285 Å². The fourth-order valence-electron chi connectivity index (χ4n) is 11.9. The van der Waals surface area contributed by atoms with Gasteiger partial charge in [-0.25, -0.2) is 4.79 Å². The van der Waals surface area contributed by atoms with Crippen molar-refractivity contribution >= 4 is 83.4 Å². The Balaban J connectivity index is 4.52. The molecule has 0 bridgehead atoms. The number of amides is 5. The number of esters is 9. The van der Waals surface area contributed by atoms with Crippen LogP contribution >= 0.6 is 0 Å². The van der Waals surface area contributed by atoms with Crippen molar-refractivity contribution in [2.24, 2.45) is 0 Å². The third kappa shape index (κ3) is 50.8. The van der Waals surface area contributed by atoms with E-state index in [9.17, 15) is 52.7 Å². The van der Waals surface area contributed by atoms with Gasteiger partial charge in [0, 0.05) is 84.6 Å². The highest BCUT2D eigenvalue weighted by Crippen LogP contribution is 2.25. The second kappa shape index (κ2) is 46.0. The lowest BCUT2D eigenvalue weighted by Gasteiger charge is -2.35. The molecule has 3 atom stereocenters. The van der Waals surface area contributed by atoms with Crippen molar-refractivity contribution in [1.29, 1.82) is 0 Å². The average Bonchev–Trinajstić information content (AvgIpc) is 0.847. The molecule has 1 rings (SSSR count). The summed E-state index contributed by atoms with van der Waals surface area (Å²) in [6.45, 7) is 45.5. The van der Waals surface area contributed by atoms with Gasteiger partial charge in [0.05, 0.1) is 39.3 Å². The maximum absolute atomic E-state index is 15.4. The molecule has 32 nitrogen and oxygen atoms in total. The summed E-state index contributed by atoms with van der Waals surface area (Å²) in [5, 5.41) is 2.73. The van der Waals surface area contributed by atoms with E-state index in [1.54, 1.807) is 213 Å². The number of carbonyl (C=O) groups excluding carboxylic acids is 14. The van der Waals surface area contributed by atoms with E-state index in [4.69, 9.17) is 47.4 Å². The topological polar surface area (TPSA) is 366 Å². The second-order valence-electron chi connectivity index (χ2n) is 39.5. The third-order valence-electron chi connectivity index (χ3n) is 15.9. The number of nitrogens with zero attached hydrogens (tertiary/aromatic N) is 7. The second-order valence-corrected chi connectivity index (χ2v) is 39.5. The first-order chi connectivity index (χ1) is 52.5. The Hall–Kier alpha value is -7.74. The Morgan fingerprint density at radius 1 is 0.259 bits per heavy atom. The molecule has 0 aliphatic carbocycles. The molecule has 1 heterocycles. The normalized spacial score (nSPS) is 15.2. The molecule has 668 valence electrons. The standard InChI is InChI=1S/C84H148N8O24/c1-75(2,3)107-65(97)52-90(53-66(98)108-76(4,5)6)58(71(103)113-81(19,20)21)37-40-62(94)87-46-35-47-89(64(96)42-39-60(73(105)115-83(25,26)27)92(56-69(101)111-79(13,14)15)57-70(102)112-80(16,17)18)51-50-88(45-34-44-86(48-49-87)61(93)36-32-31-33-43-85-74(106)116-84(28,29)30)63(95)41-38-59(72(104)114-82(22,23)24)91(54-67(99)109-77(7,8)9)55-68(100)110-78(10,11)12/h58-60H,31-57H2,1-30H3,(H,85,106)/t58-,59-,60-/m0/s1. The minimum absolute atomic E-state index is 0.00767. The maximum Gasteiger partial charge on any atom is 0.407 e. The fourth-order valence-corrected chi connectivity index (χ4v) is 11.9. The minimum Gasteiger partial charge on any atom is -0.459 e. The molecule has 0 aromatic rings. The van der Waals surface area contributed by atoms with Gasteiger partial charge in [-0.3, -0.25) is 77.0 Å². The van der Waals surface area contributed by atoms with Crippen molar-refractivity contribution in [3.63, 3.8) is 0 Å². The SMILES string of the molecule is CC(C)(C)OC(=O)CN(CC(=O)OC(C)(C)C)[C@@H](CCC(=O)N1CCCN(C(=O)CC[C@@H](C(=O)OC(C)(C)C)N(CC(=O)OC(C)(C)C)CC(=O)OC(C)(C)C)CCN(C(=O)CC[C@@H](C(=O)OC(C)(C)C)N(CC(=O)OC(C)(C)C)CC(=O)OC(C)(C)C)CCCN(C(=O)CCCCCNC(=O)OC(C)(C)C)CC1)C(=O)OC(C)(C)C. The van der Waals surface area contributed by atoms with E-state index in [2.05, 4.69) is 5.32 Å². The van der Waals surface area contributed by atoms with Gasteiger partial charge < -0.3 is 72.3 Å². The minimum atomic E-state index is -1.45. The molecule has 5 amide bonds. The highest BCUT2D eigenvalue weighted by atomic mass is 16.6. The van der Waals surface area contributed by atoms with Crippen molar-refractivity contribution in [2.75, 3.05) is 98.2 Å². The van der Waals surface area contributed by atoms with Gasteiger partial charge in [-0.1, -0.05) is 6.42 Å². The third-order valence-corrected chi connectivity index (χ3v) is 15.9. The van der Waals surface area contributed by atoms with E-state index in [0.29, 0.717) is 19.3 Å². The predicted molar refractivity (Wildman–Crippen MR) is 435 cm³/mol. The number of rotatable bonds is 33. The van der Waals surface area contributed by atoms with E-state index in [1.165, 1.54) is 29.4 Å². The maximum atomic E-state index is 15.4. The molecule has 1 saturated heterocycles. The molecular formula is C84H148N8O24. The molecule has 0 unspecified atom stereocenters. The molecule has 116 heavy (non-hydrogen) atoms. The first-order valence-electron chi connectivity index (χ1n) is 40.8. The van der Waals surface area contributed by atoms with Crippen LogP contribution in [0.25, 0.3) is 0 Å². The van der Waals surface area contributed by atoms with Crippen molar-refractivity contribution < 1.29 is 114 Å². The van der Waals surface area contributed by atoms with Crippen LogP contribution in [0.5, 0.6) is 0 Å². The molecule has 1 fully saturated rings. The Morgan fingerprint density at radius 2 is 0.457 bits per heavy atom. The van der Waals surface area contributed by atoms with Crippen molar-refractivity contribution in [3.05, 3.63) is 0 Å². The van der Waals surface area contributed by atoms with Crippen LogP contribution in [0.4, 0.5) is 4.79 Å². The molecule has 1 aliphatic heterocycles. The van der Waals surface area contributed by atoms with Crippen molar-refractivity contribution in [3.8, 4) is 0 Å². The number of carbonyl (C=O) groups is 14. The van der Waals surface area contributed by atoms with Gasteiger partial charge in [0.1, 0.15) is 74.1 Å². The summed E-state index contributed by atoms with van der Waals surface area (Å²) in [4.78, 5) is 209. The predicted octanol–water partition coefficient (Wildman–Crippen LogP) is 9.61. The Labute approximate surface area is 691 Å². The van der Waals surface area contributed by atoms with Gasteiger partial charge in [0.15, 0.2) is 0 Å². The summed E-state index contributed by atoms with van der Waals surface area (Å²) in [6.07, 6.45) is -1.23. The molecule has 0 aromatic heterocycles. The van der Waals surface area contributed by atoms with E-state index in [1.807, 2.05) is 0 Å². The zero-order valence-electron chi connectivity index (χ0n) is 76.3. The van der Waals surface area contributed by atoms with E-state index in [-0.39, 0.29) is 103 Å². The van der Waals surface area contributed by atoms with Crippen LogP contribution in [0.15, 0.2) is 0 Å². The van der Waals surface area contributed by atoms with Crippen LogP contribution in [0.3, 0.4) is 0 Å². The lowest BCUT2D eigenvalue weighted by atomic mass is 10.1. The van der Waals surface area contributed by atoms with Crippen LogP contribution < -0.4 is 5.32 Å². The van der Waals surface area contributed by atoms with Gasteiger partial charge in [-0.2, -0.15) is 0 Å². The van der Waals surface area contributed by atoms with Crippen LogP contribution in [0.2, 0.25) is 0 Å². The summed E-state index contributed by atoms with van der Waals surface area (Å²) in [5.74, 6) is -9.32. The monoisotopic (exact) mass is 1650 g/mol. The van der Waals surface area contributed by atoms with E-state index < -0.39 is 210 Å². The summed E-state index contributed by atoms with van der Waals surface area (Å²) in [6, 6.07) is -4.30. The van der Waals surface area contributed by atoms with Gasteiger partial charge in [-0.15, -0.1) is 0 Å². The molecule has 0 spiro atoms. The largest absolute Gasteiger partial charge is 0.459 e. The highest BCUT2D eigenvalue weighted by molar-refractivity contribution is 5.85. The van der Waals surface area contributed by atoms with E-state index >= 15 is 14.4 Å². The lowest BCUT2D eigenvalue weighted by Crippen LogP contribution is -2.51. The number of hydrogen-bond donors (Lipinski definition) is 1. The fraction of sp³-hybridized carbons (Fsp3) is 0.833. The quantitative estimate of drug-likeness (QED) is 0.0363. The lowest BCUT2D eigenvalue weighted by molar-refractivity contribution is -0.171. The molecule has 1 N–H and O–H groups in total. The van der Waals surface area contributed by atoms with Gasteiger partial charge in [0.25, 0.3) is 0 Å². The number of unbranched alkanes of at least 4 members (excludes halogenated alkanes) is 2. The van der Waals surface area contributed by atoms with Crippen LogP contribution in [-0.2, 0) is 110 Å². The van der Waals surface area contributed by atoms with Gasteiger partial charge in [0.2, 0.25) is 23.6 Å². The van der Waals surface area contributed by atoms with Crippen molar-refractivity contribution in [2.45, 2.75) is 359 Å². The average molecular weight is 1650 g/mol. The number of nitrogens with one attached hydrogen (secondary N) is 1. The summed E-state index contributed by atoms with van der Waals surface area (Å²) >= 11 is 0. The summed E-state index contributed by atoms with van der Waals surface area (Å²) < 4.78 is 57.2. The first kappa shape index (κ1) is 106.